The monoisotopic (exact) mass is 230 g/mol. The molecule has 96 valence electrons. The number of nitrogens with two attached hydrogens (primary N) is 1. The fourth-order valence-electron chi connectivity index (χ4n) is 1.26. The van der Waals surface area contributed by atoms with Crippen LogP contribution in [0, 0.1) is 11.8 Å². The Morgan fingerprint density at radius 1 is 1.25 bits per heavy atom. The average molecular weight is 230 g/mol. The minimum atomic E-state index is -0.0367. The summed E-state index contributed by atoms with van der Waals surface area (Å²) >= 11 is 0. The van der Waals surface area contributed by atoms with Crippen LogP contribution in [0.25, 0.3) is 0 Å². The minimum Gasteiger partial charge on any atom is -0.328 e. The zero-order valence-electron chi connectivity index (χ0n) is 11.0. The Morgan fingerprint density at radius 2 is 1.88 bits per heavy atom. The molecule has 0 saturated heterocycles. The molecule has 2 unspecified atom stereocenters. The maximum Gasteiger partial charge on any atom is 0.246 e. The fourth-order valence-corrected chi connectivity index (χ4v) is 1.26. The van der Waals surface area contributed by atoms with E-state index in [1.54, 1.807) is 0 Å². The van der Waals surface area contributed by atoms with Crippen molar-refractivity contribution in [3.8, 4) is 0 Å². The number of hydrogen-bond acceptors (Lipinski definition) is 3. The van der Waals surface area contributed by atoms with Gasteiger partial charge in [0.2, 0.25) is 5.91 Å². The Labute approximate surface area is 98.9 Å². The molecule has 0 rings (SSSR count). The van der Waals surface area contributed by atoms with Gasteiger partial charge in [0.25, 0.3) is 0 Å². The van der Waals surface area contributed by atoms with E-state index >= 15 is 0 Å². The maximum atomic E-state index is 11.5. The topological polar surface area (TPSA) is 64.3 Å². The average Bonchev–Trinajstić information content (AvgIpc) is 2.16. The SMILES string of the molecule is CC(C)CONC(=O)C(C)CCCC(C)N. The number of carbonyl (C=O) groups is 1. The van der Waals surface area contributed by atoms with Crippen LogP contribution in [0.5, 0.6) is 0 Å². The first kappa shape index (κ1) is 15.4. The molecule has 4 nitrogen and oxygen atoms in total. The van der Waals surface area contributed by atoms with Gasteiger partial charge in [0.1, 0.15) is 0 Å². The third kappa shape index (κ3) is 8.68. The second kappa shape index (κ2) is 8.53. The Kier molecular flexibility index (Phi) is 8.21. The van der Waals surface area contributed by atoms with E-state index in [0.29, 0.717) is 12.5 Å². The van der Waals surface area contributed by atoms with Gasteiger partial charge >= 0.3 is 0 Å². The number of amides is 1. The number of carbonyl (C=O) groups excluding carboxylic acids is 1. The van der Waals surface area contributed by atoms with E-state index in [2.05, 4.69) is 5.48 Å². The lowest BCUT2D eigenvalue weighted by atomic mass is 10.0. The van der Waals surface area contributed by atoms with E-state index < -0.39 is 0 Å². The van der Waals surface area contributed by atoms with Crippen molar-refractivity contribution in [2.45, 2.75) is 53.0 Å². The van der Waals surface area contributed by atoms with E-state index in [4.69, 9.17) is 10.6 Å². The van der Waals surface area contributed by atoms with E-state index in [-0.39, 0.29) is 17.9 Å². The van der Waals surface area contributed by atoms with Crippen molar-refractivity contribution in [2.75, 3.05) is 6.61 Å². The van der Waals surface area contributed by atoms with Gasteiger partial charge in [-0.1, -0.05) is 27.2 Å². The number of nitrogens with one attached hydrogen (secondary N) is 1. The van der Waals surface area contributed by atoms with Gasteiger partial charge < -0.3 is 5.73 Å². The molecule has 0 aromatic carbocycles. The summed E-state index contributed by atoms with van der Waals surface area (Å²) in [4.78, 5) is 16.6. The predicted octanol–water partition coefficient (Wildman–Crippen LogP) is 1.84. The predicted molar refractivity (Wildman–Crippen MR) is 65.6 cm³/mol. The molecule has 0 radical (unpaired) electrons. The molecule has 0 aromatic rings. The van der Waals surface area contributed by atoms with Crippen molar-refractivity contribution in [1.29, 1.82) is 0 Å². The van der Waals surface area contributed by atoms with Gasteiger partial charge in [-0.3, -0.25) is 9.63 Å². The Balaban J connectivity index is 3.57. The van der Waals surface area contributed by atoms with Crippen LogP contribution in [0.1, 0.15) is 47.0 Å². The largest absolute Gasteiger partial charge is 0.328 e. The van der Waals surface area contributed by atoms with Crippen LogP contribution < -0.4 is 11.2 Å². The van der Waals surface area contributed by atoms with Crippen molar-refractivity contribution in [2.24, 2.45) is 17.6 Å². The van der Waals surface area contributed by atoms with Crippen LogP contribution >= 0.6 is 0 Å². The standard InChI is InChI=1S/C12H26N2O2/c1-9(2)8-16-14-12(15)10(3)6-5-7-11(4)13/h9-11H,5-8,13H2,1-4H3,(H,14,15). The lowest BCUT2D eigenvalue weighted by Crippen LogP contribution is -2.30. The molecule has 0 fully saturated rings. The molecular formula is C12H26N2O2. The molecule has 3 N–H and O–H groups in total. The number of hydrogen-bond donors (Lipinski definition) is 2. The molecule has 0 aliphatic carbocycles. The zero-order valence-corrected chi connectivity index (χ0v) is 11.0. The first-order valence-electron chi connectivity index (χ1n) is 6.10. The van der Waals surface area contributed by atoms with Crippen molar-refractivity contribution in [3.05, 3.63) is 0 Å². The van der Waals surface area contributed by atoms with E-state index in [1.807, 2.05) is 27.7 Å². The fraction of sp³-hybridized carbons (Fsp3) is 0.917. The van der Waals surface area contributed by atoms with Crippen LogP contribution in [0.2, 0.25) is 0 Å². The zero-order chi connectivity index (χ0) is 12.6. The molecule has 0 aliphatic rings. The summed E-state index contributed by atoms with van der Waals surface area (Å²) in [5.41, 5.74) is 8.12. The third-order valence-corrected chi connectivity index (χ3v) is 2.33. The van der Waals surface area contributed by atoms with Gasteiger partial charge in [0.15, 0.2) is 0 Å². The summed E-state index contributed by atoms with van der Waals surface area (Å²) in [6.45, 7) is 8.53. The Bertz CT molecular complexity index is 193. The van der Waals surface area contributed by atoms with Gasteiger partial charge in [-0.15, -0.1) is 0 Å². The number of hydroxylamine groups is 1. The highest BCUT2D eigenvalue weighted by molar-refractivity contribution is 5.77. The highest BCUT2D eigenvalue weighted by Crippen LogP contribution is 2.09. The molecule has 0 bridgehead atoms. The molecule has 0 spiro atoms. The molecule has 4 heteroatoms. The van der Waals surface area contributed by atoms with Gasteiger partial charge in [0, 0.05) is 12.0 Å². The molecular weight excluding hydrogens is 204 g/mol. The van der Waals surface area contributed by atoms with Crippen molar-refractivity contribution in [3.63, 3.8) is 0 Å². The van der Waals surface area contributed by atoms with Crippen LogP contribution in [0.3, 0.4) is 0 Å². The highest BCUT2D eigenvalue weighted by Gasteiger charge is 2.12. The summed E-state index contributed by atoms with van der Waals surface area (Å²) in [5, 5.41) is 0. The van der Waals surface area contributed by atoms with Gasteiger partial charge in [-0.2, -0.15) is 0 Å². The molecule has 0 aromatic heterocycles. The normalized spacial score (nSPS) is 14.9. The Morgan fingerprint density at radius 3 is 2.38 bits per heavy atom. The molecule has 16 heavy (non-hydrogen) atoms. The highest BCUT2D eigenvalue weighted by atomic mass is 16.6. The summed E-state index contributed by atoms with van der Waals surface area (Å²) in [6, 6.07) is 0.215. The maximum absolute atomic E-state index is 11.5. The minimum absolute atomic E-state index is 0.00841. The molecule has 0 heterocycles. The third-order valence-electron chi connectivity index (χ3n) is 2.33. The summed E-state index contributed by atoms with van der Waals surface area (Å²) in [6.07, 6.45) is 2.80. The number of rotatable bonds is 8. The summed E-state index contributed by atoms with van der Waals surface area (Å²) in [7, 11) is 0. The first-order valence-corrected chi connectivity index (χ1v) is 6.10. The summed E-state index contributed by atoms with van der Waals surface area (Å²) < 4.78 is 0. The molecule has 2 atom stereocenters. The lowest BCUT2D eigenvalue weighted by molar-refractivity contribution is -0.138. The van der Waals surface area contributed by atoms with Gasteiger partial charge in [-0.25, -0.2) is 5.48 Å². The molecule has 0 aliphatic heterocycles. The van der Waals surface area contributed by atoms with Crippen LogP contribution in [0.15, 0.2) is 0 Å². The van der Waals surface area contributed by atoms with Gasteiger partial charge in [-0.05, 0) is 25.7 Å². The molecule has 1 amide bonds. The van der Waals surface area contributed by atoms with Crippen molar-refractivity contribution in [1.82, 2.24) is 5.48 Å². The van der Waals surface area contributed by atoms with Gasteiger partial charge in [0.05, 0.1) is 6.61 Å². The van der Waals surface area contributed by atoms with Crippen molar-refractivity contribution < 1.29 is 9.63 Å². The quantitative estimate of drug-likeness (QED) is 0.625. The summed E-state index contributed by atoms with van der Waals surface area (Å²) in [5.74, 6) is 0.380. The first-order chi connectivity index (χ1) is 7.43. The van der Waals surface area contributed by atoms with E-state index in [0.717, 1.165) is 19.3 Å². The van der Waals surface area contributed by atoms with E-state index in [9.17, 15) is 4.79 Å². The smallest absolute Gasteiger partial charge is 0.246 e. The molecule has 0 saturated carbocycles. The lowest BCUT2D eigenvalue weighted by Gasteiger charge is -2.13. The van der Waals surface area contributed by atoms with E-state index in [1.165, 1.54) is 0 Å². The van der Waals surface area contributed by atoms with Crippen LogP contribution in [-0.2, 0) is 9.63 Å². The van der Waals surface area contributed by atoms with Crippen molar-refractivity contribution >= 4 is 5.91 Å². The van der Waals surface area contributed by atoms with Crippen LogP contribution in [0.4, 0.5) is 0 Å². The second-order valence-electron chi connectivity index (χ2n) is 4.98. The Hall–Kier alpha value is -0.610. The van der Waals surface area contributed by atoms with Crippen LogP contribution in [-0.4, -0.2) is 18.6 Å². The second-order valence-corrected chi connectivity index (χ2v) is 4.98.